The van der Waals surface area contributed by atoms with Crippen LogP contribution in [0.4, 0.5) is 0 Å². The maximum Gasteiger partial charge on any atom is 0.0967 e. The molecule has 2 N–H and O–H groups in total. The van der Waals surface area contributed by atoms with E-state index in [-0.39, 0.29) is 0 Å². The Morgan fingerprint density at radius 3 is 2.88 bits per heavy atom. The van der Waals surface area contributed by atoms with Crippen molar-refractivity contribution in [3.05, 3.63) is 11.9 Å². The summed E-state index contributed by atoms with van der Waals surface area (Å²) in [4.78, 5) is 2.39. The minimum absolute atomic E-state index is 0.607. The van der Waals surface area contributed by atoms with Crippen LogP contribution >= 0.6 is 0 Å². The van der Waals surface area contributed by atoms with E-state index in [1.54, 1.807) is 0 Å². The zero-order chi connectivity index (χ0) is 11.8. The van der Waals surface area contributed by atoms with E-state index in [1.807, 2.05) is 10.9 Å². The maximum absolute atomic E-state index is 5.46. The zero-order valence-corrected chi connectivity index (χ0v) is 10.4. The number of nitrogens with zero attached hydrogens (tertiary/aromatic N) is 4. The van der Waals surface area contributed by atoms with Crippen molar-refractivity contribution in [3.8, 4) is 0 Å². The molecule has 0 bridgehead atoms. The lowest BCUT2D eigenvalue weighted by Gasteiger charge is -2.18. The van der Waals surface area contributed by atoms with Crippen LogP contribution < -0.4 is 5.73 Å². The molecule has 0 atom stereocenters. The van der Waals surface area contributed by atoms with E-state index in [2.05, 4.69) is 29.1 Å². The third-order valence-electron chi connectivity index (χ3n) is 2.61. The molecule has 92 valence electrons. The molecule has 0 aliphatic carbocycles. The largest absolute Gasteiger partial charge is 0.329 e. The highest BCUT2D eigenvalue weighted by molar-refractivity contribution is 4.92. The Labute approximate surface area is 97.6 Å². The van der Waals surface area contributed by atoms with E-state index in [9.17, 15) is 0 Å². The molecule has 0 aliphatic heterocycles. The molecule has 0 amide bonds. The van der Waals surface area contributed by atoms with Crippen LogP contribution in [0.5, 0.6) is 0 Å². The Morgan fingerprint density at radius 1 is 1.44 bits per heavy atom. The van der Waals surface area contributed by atoms with Gasteiger partial charge in [0.05, 0.1) is 12.2 Å². The second-order valence-electron chi connectivity index (χ2n) is 3.98. The van der Waals surface area contributed by atoms with Gasteiger partial charge >= 0.3 is 0 Å². The highest BCUT2D eigenvalue weighted by Crippen LogP contribution is 2.02. The quantitative estimate of drug-likeness (QED) is 0.713. The van der Waals surface area contributed by atoms with Crippen molar-refractivity contribution in [1.29, 1.82) is 0 Å². The van der Waals surface area contributed by atoms with Gasteiger partial charge < -0.3 is 5.73 Å². The van der Waals surface area contributed by atoms with Crippen molar-refractivity contribution in [1.82, 2.24) is 19.9 Å². The van der Waals surface area contributed by atoms with E-state index < -0.39 is 0 Å². The van der Waals surface area contributed by atoms with Crippen LogP contribution in [-0.4, -0.2) is 39.5 Å². The summed E-state index contributed by atoms with van der Waals surface area (Å²) in [6.07, 6.45) is 4.46. The molecule has 1 heterocycles. The van der Waals surface area contributed by atoms with Crippen molar-refractivity contribution in [2.75, 3.05) is 19.6 Å². The van der Waals surface area contributed by atoms with Crippen LogP contribution in [-0.2, 0) is 13.1 Å². The first-order chi connectivity index (χ1) is 7.80. The topological polar surface area (TPSA) is 60.0 Å². The normalized spacial score (nSPS) is 11.2. The highest BCUT2D eigenvalue weighted by Gasteiger charge is 2.06. The molecule has 0 unspecified atom stereocenters. The summed E-state index contributed by atoms with van der Waals surface area (Å²) in [6.45, 7) is 8.83. The zero-order valence-electron chi connectivity index (χ0n) is 10.4. The van der Waals surface area contributed by atoms with Gasteiger partial charge in [-0.15, -0.1) is 5.10 Å². The maximum atomic E-state index is 5.46. The Balaban J connectivity index is 2.43. The monoisotopic (exact) mass is 225 g/mol. The Bertz CT molecular complexity index is 284. The number of nitrogens with two attached hydrogens (primary N) is 1. The van der Waals surface area contributed by atoms with Crippen LogP contribution in [0.3, 0.4) is 0 Å². The minimum Gasteiger partial charge on any atom is -0.329 e. The van der Waals surface area contributed by atoms with Gasteiger partial charge in [-0.05, 0) is 19.5 Å². The van der Waals surface area contributed by atoms with Gasteiger partial charge in [-0.2, -0.15) is 0 Å². The van der Waals surface area contributed by atoms with Gasteiger partial charge in [0.1, 0.15) is 0 Å². The molecule has 0 saturated heterocycles. The molecule has 1 aromatic heterocycles. The molecule has 5 nitrogen and oxygen atoms in total. The molecule has 0 spiro atoms. The summed E-state index contributed by atoms with van der Waals surface area (Å²) < 4.78 is 1.81. The van der Waals surface area contributed by atoms with Crippen molar-refractivity contribution in [2.24, 2.45) is 5.73 Å². The number of rotatable bonds is 8. The Kier molecular flexibility index (Phi) is 6.03. The lowest BCUT2D eigenvalue weighted by atomic mass is 10.3. The Hall–Kier alpha value is -0.940. The highest BCUT2D eigenvalue weighted by atomic mass is 15.4. The number of hydrogen-bond acceptors (Lipinski definition) is 4. The molecule has 1 aromatic rings. The molecule has 0 fully saturated rings. The Morgan fingerprint density at radius 2 is 2.25 bits per heavy atom. The fraction of sp³-hybridized carbons (Fsp3) is 0.818. The molecule has 1 rings (SSSR count). The lowest BCUT2D eigenvalue weighted by Crippen LogP contribution is -2.24. The van der Waals surface area contributed by atoms with E-state index in [4.69, 9.17) is 5.73 Å². The molecule has 0 saturated carbocycles. The first-order valence-corrected chi connectivity index (χ1v) is 6.11. The molecule has 5 heteroatoms. The SMILES string of the molecule is CCCCN(CC)Cc1cn(CCN)nn1. The van der Waals surface area contributed by atoms with Crippen molar-refractivity contribution in [3.63, 3.8) is 0 Å². The van der Waals surface area contributed by atoms with E-state index in [0.29, 0.717) is 6.54 Å². The smallest absolute Gasteiger partial charge is 0.0967 e. The number of hydrogen-bond donors (Lipinski definition) is 1. The van der Waals surface area contributed by atoms with Crippen molar-refractivity contribution < 1.29 is 0 Å². The summed E-state index contributed by atoms with van der Waals surface area (Å²) in [5.74, 6) is 0. The molecular formula is C11H23N5. The predicted octanol–water partition coefficient (Wildman–Crippen LogP) is 0.859. The summed E-state index contributed by atoms with van der Waals surface area (Å²) >= 11 is 0. The number of unbranched alkanes of at least 4 members (excludes halogenated alkanes) is 1. The van der Waals surface area contributed by atoms with Gasteiger partial charge in [0.2, 0.25) is 0 Å². The van der Waals surface area contributed by atoms with Crippen LogP contribution in [0.2, 0.25) is 0 Å². The molecule has 16 heavy (non-hydrogen) atoms. The fourth-order valence-electron chi connectivity index (χ4n) is 1.61. The standard InChI is InChI=1S/C11H23N5/c1-3-5-7-15(4-2)9-11-10-16(8-6-12)14-13-11/h10H,3-9,12H2,1-2H3. The first kappa shape index (κ1) is 13.1. The van der Waals surface area contributed by atoms with Gasteiger partial charge in [0.15, 0.2) is 0 Å². The summed E-state index contributed by atoms with van der Waals surface area (Å²) in [5, 5.41) is 8.18. The molecular weight excluding hydrogens is 202 g/mol. The fourth-order valence-corrected chi connectivity index (χ4v) is 1.61. The minimum atomic E-state index is 0.607. The average Bonchev–Trinajstić information content (AvgIpc) is 2.72. The van der Waals surface area contributed by atoms with Gasteiger partial charge in [0, 0.05) is 19.3 Å². The second-order valence-corrected chi connectivity index (χ2v) is 3.98. The van der Waals surface area contributed by atoms with Crippen LogP contribution in [0.25, 0.3) is 0 Å². The van der Waals surface area contributed by atoms with Crippen molar-refractivity contribution >= 4 is 0 Å². The summed E-state index contributed by atoms with van der Waals surface area (Å²) in [5.41, 5.74) is 6.50. The average molecular weight is 225 g/mol. The summed E-state index contributed by atoms with van der Waals surface area (Å²) in [7, 11) is 0. The van der Waals surface area contributed by atoms with E-state index >= 15 is 0 Å². The predicted molar refractivity (Wildman–Crippen MR) is 64.9 cm³/mol. The van der Waals surface area contributed by atoms with Gasteiger partial charge in [-0.1, -0.05) is 25.5 Å². The van der Waals surface area contributed by atoms with E-state index in [0.717, 1.165) is 31.9 Å². The van der Waals surface area contributed by atoms with Crippen LogP contribution in [0, 0.1) is 0 Å². The first-order valence-electron chi connectivity index (χ1n) is 6.11. The molecule has 0 aliphatic rings. The van der Waals surface area contributed by atoms with Gasteiger partial charge in [-0.25, -0.2) is 0 Å². The van der Waals surface area contributed by atoms with Crippen LogP contribution in [0.1, 0.15) is 32.4 Å². The second kappa shape index (κ2) is 7.35. The summed E-state index contributed by atoms with van der Waals surface area (Å²) in [6, 6.07) is 0. The molecule has 0 aromatic carbocycles. The lowest BCUT2D eigenvalue weighted by molar-refractivity contribution is 0.272. The van der Waals surface area contributed by atoms with Gasteiger partial charge in [-0.3, -0.25) is 9.58 Å². The molecule has 0 radical (unpaired) electrons. The van der Waals surface area contributed by atoms with Crippen LogP contribution in [0.15, 0.2) is 6.20 Å². The van der Waals surface area contributed by atoms with E-state index in [1.165, 1.54) is 12.8 Å². The third kappa shape index (κ3) is 4.28. The van der Waals surface area contributed by atoms with Gasteiger partial charge in [0.25, 0.3) is 0 Å². The van der Waals surface area contributed by atoms with Crippen molar-refractivity contribution in [2.45, 2.75) is 39.8 Å². The third-order valence-corrected chi connectivity index (χ3v) is 2.61. The number of aromatic nitrogens is 3.